The lowest BCUT2D eigenvalue weighted by Crippen LogP contribution is -2.37. The molecule has 5 nitrogen and oxygen atoms in total. The Kier molecular flexibility index (Phi) is 4.57. The molecule has 6 heteroatoms. The van der Waals surface area contributed by atoms with Gasteiger partial charge in [-0.3, -0.25) is 4.79 Å². The van der Waals surface area contributed by atoms with E-state index in [4.69, 9.17) is 4.74 Å². The van der Waals surface area contributed by atoms with E-state index in [-0.39, 0.29) is 18.6 Å². The van der Waals surface area contributed by atoms with Gasteiger partial charge in [-0.25, -0.2) is 9.97 Å². The molecule has 2 aromatic rings. The number of hydrogen-bond acceptors (Lipinski definition) is 5. The van der Waals surface area contributed by atoms with E-state index in [2.05, 4.69) is 29.1 Å². The minimum absolute atomic E-state index is 0.00718. The lowest BCUT2D eigenvalue weighted by atomic mass is 10.2. The summed E-state index contributed by atoms with van der Waals surface area (Å²) in [7, 11) is 0. The summed E-state index contributed by atoms with van der Waals surface area (Å²) in [6.45, 7) is 4.14. The van der Waals surface area contributed by atoms with Gasteiger partial charge in [0.2, 0.25) is 5.88 Å². The predicted octanol–water partition coefficient (Wildman–Crippen LogP) is 2.86. The molecule has 2 aromatic heterocycles. The van der Waals surface area contributed by atoms with Crippen LogP contribution in [-0.4, -0.2) is 28.5 Å². The number of hydrogen-bond donors (Lipinski definition) is 1. The fourth-order valence-corrected chi connectivity index (χ4v) is 4.12. The summed E-state index contributed by atoms with van der Waals surface area (Å²) >= 11 is 1.72. The van der Waals surface area contributed by atoms with Gasteiger partial charge in [0.05, 0.1) is 5.39 Å². The van der Waals surface area contributed by atoms with Gasteiger partial charge in [-0.05, 0) is 37.7 Å². The molecular formula is C16H21N3O2S. The first-order valence-corrected chi connectivity index (χ1v) is 8.72. The maximum atomic E-state index is 12.0. The molecule has 1 N–H and O–H groups in total. The van der Waals surface area contributed by atoms with Crippen LogP contribution in [0.3, 0.4) is 0 Å². The Morgan fingerprint density at radius 3 is 2.95 bits per heavy atom. The molecule has 3 rings (SSSR count). The summed E-state index contributed by atoms with van der Waals surface area (Å²) in [5, 5.41) is 3.99. The molecule has 0 fully saturated rings. The number of aryl methyl sites for hydroxylation is 2. The second-order valence-electron chi connectivity index (χ2n) is 5.59. The van der Waals surface area contributed by atoms with E-state index in [0.29, 0.717) is 5.88 Å². The number of rotatable bonds is 6. The molecule has 0 atom stereocenters. The van der Waals surface area contributed by atoms with Crippen molar-refractivity contribution in [3.05, 3.63) is 16.8 Å². The number of carbonyl (C=O) groups is 1. The molecule has 0 radical (unpaired) electrons. The van der Waals surface area contributed by atoms with Crippen LogP contribution in [0.5, 0.6) is 5.88 Å². The van der Waals surface area contributed by atoms with Gasteiger partial charge in [0.25, 0.3) is 5.91 Å². The number of carbonyl (C=O) groups excluding carboxylic acids is 1. The summed E-state index contributed by atoms with van der Waals surface area (Å²) < 4.78 is 5.70. The van der Waals surface area contributed by atoms with Crippen molar-refractivity contribution in [3.63, 3.8) is 0 Å². The van der Waals surface area contributed by atoms with Crippen molar-refractivity contribution in [1.29, 1.82) is 0 Å². The Balaban J connectivity index is 1.73. The van der Waals surface area contributed by atoms with Gasteiger partial charge in [-0.2, -0.15) is 0 Å². The van der Waals surface area contributed by atoms with E-state index in [1.165, 1.54) is 23.2 Å². The highest BCUT2D eigenvalue weighted by Crippen LogP contribution is 2.39. The largest absolute Gasteiger partial charge is 0.467 e. The van der Waals surface area contributed by atoms with Gasteiger partial charge in [-0.1, -0.05) is 13.8 Å². The minimum Gasteiger partial charge on any atom is -0.467 e. The Morgan fingerprint density at radius 2 is 2.18 bits per heavy atom. The zero-order valence-electron chi connectivity index (χ0n) is 13.0. The van der Waals surface area contributed by atoms with E-state index in [1.54, 1.807) is 11.3 Å². The van der Waals surface area contributed by atoms with Crippen LogP contribution >= 0.6 is 11.3 Å². The highest BCUT2D eigenvalue weighted by molar-refractivity contribution is 7.18. The van der Waals surface area contributed by atoms with Gasteiger partial charge in [-0.15, -0.1) is 11.3 Å². The highest BCUT2D eigenvalue weighted by atomic mass is 32.1. The minimum atomic E-state index is -0.0904. The van der Waals surface area contributed by atoms with Crippen molar-refractivity contribution in [2.75, 3.05) is 6.61 Å². The summed E-state index contributed by atoms with van der Waals surface area (Å²) in [6, 6.07) is 0.215. The zero-order chi connectivity index (χ0) is 15.5. The second kappa shape index (κ2) is 6.60. The van der Waals surface area contributed by atoms with Crippen LogP contribution in [0.1, 0.15) is 43.6 Å². The SMILES string of the molecule is CCC(CC)NC(=O)COc1ncnc2sc3c(c12)CCC3. The fourth-order valence-electron chi connectivity index (χ4n) is 2.91. The van der Waals surface area contributed by atoms with E-state index in [0.717, 1.165) is 35.9 Å². The summed E-state index contributed by atoms with van der Waals surface area (Å²) in [5.74, 6) is 0.455. The van der Waals surface area contributed by atoms with Crippen LogP contribution in [0.15, 0.2) is 6.33 Å². The number of ether oxygens (including phenoxy) is 1. The standard InChI is InChI=1S/C16H21N3O2S/c1-3-10(4-2)19-13(20)8-21-15-14-11-6-5-7-12(11)22-16(14)18-9-17-15/h9-10H,3-8H2,1-2H3,(H,19,20). The monoisotopic (exact) mass is 319 g/mol. The molecule has 22 heavy (non-hydrogen) atoms. The van der Waals surface area contributed by atoms with Crippen LogP contribution < -0.4 is 10.1 Å². The van der Waals surface area contributed by atoms with Crippen molar-refractivity contribution in [3.8, 4) is 5.88 Å². The maximum Gasteiger partial charge on any atom is 0.258 e. The third kappa shape index (κ3) is 2.92. The lowest BCUT2D eigenvalue weighted by molar-refractivity contribution is -0.123. The molecule has 0 saturated carbocycles. The number of aromatic nitrogens is 2. The second-order valence-corrected chi connectivity index (χ2v) is 6.67. The van der Waals surface area contributed by atoms with E-state index in [1.807, 2.05) is 0 Å². The molecular weight excluding hydrogens is 298 g/mol. The number of thiophene rings is 1. The molecule has 2 heterocycles. The molecule has 0 aromatic carbocycles. The lowest BCUT2D eigenvalue weighted by Gasteiger charge is -2.14. The normalized spacial score (nSPS) is 13.6. The van der Waals surface area contributed by atoms with Crippen molar-refractivity contribution in [2.24, 2.45) is 0 Å². The van der Waals surface area contributed by atoms with Crippen molar-refractivity contribution in [2.45, 2.75) is 52.0 Å². The van der Waals surface area contributed by atoms with Crippen LogP contribution in [0, 0.1) is 0 Å². The number of nitrogens with zero attached hydrogens (tertiary/aromatic N) is 2. The maximum absolute atomic E-state index is 12.0. The summed E-state index contributed by atoms with van der Waals surface area (Å²) in [5.41, 5.74) is 1.32. The van der Waals surface area contributed by atoms with Gasteiger partial charge < -0.3 is 10.1 Å². The number of fused-ring (bicyclic) bond motifs is 3. The molecule has 1 amide bonds. The summed E-state index contributed by atoms with van der Waals surface area (Å²) in [4.78, 5) is 22.9. The van der Waals surface area contributed by atoms with E-state index < -0.39 is 0 Å². The first kappa shape index (κ1) is 15.2. The zero-order valence-corrected chi connectivity index (χ0v) is 13.8. The van der Waals surface area contributed by atoms with Crippen LogP contribution in [0.25, 0.3) is 10.2 Å². The molecule has 0 bridgehead atoms. The predicted molar refractivity (Wildman–Crippen MR) is 87.4 cm³/mol. The topological polar surface area (TPSA) is 64.1 Å². The van der Waals surface area contributed by atoms with Crippen LogP contribution in [0.2, 0.25) is 0 Å². The third-order valence-electron chi connectivity index (χ3n) is 4.16. The molecule has 0 unspecified atom stereocenters. The molecule has 0 aliphatic heterocycles. The van der Waals surface area contributed by atoms with Gasteiger partial charge in [0.15, 0.2) is 6.61 Å². The average molecular weight is 319 g/mol. The van der Waals surface area contributed by atoms with Crippen LogP contribution in [-0.2, 0) is 17.6 Å². The fraction of sp³-hybridized carbons (Fsp3) is 0.562. The average Bonchev–Trinajstić information content (AvgIpc) is 3.11. The molecule has 0 spiro atoms. The Morgan fingerprint density at radius 1 is 1.36 bits per heavy atom. The van der Waals surface area contributed by atoms with Gasteiger partial charge in [0, 0.05) is 10.9 Å². The molecule has 118 valence electrons. The third-order valence-corrected chi connectivity index (χ3v) is 5.36. The first-order valence-electron chi connectivity index (χ1n) is 7.90. The smallest absolute Gasteiger partial charge is 0.258 e. The Hall–Kier alpha value is -1.69. The Bertz CT molecular complexity index is 679. The van der Waals surface area contributed by atoms with E-state index in [9.17, 15) is 4.79 Å². The first-order chi connectivity index (χ1) is 10.7. The number of amides is 1. The summed E-state index contributed by atoms with van der Waals surface area (Å²) in [6.07, 6.45) is 6.72. The molecule has 0 saturated heterocycles. The quantitative estimate of drug-likeness (QED) is 0.889. The van der Waals surface area contributed by atoms with Crippen LogP contribution in [0.4, 0.5) is 0 Å². The van der Waals surface area contributed by atoms with Crippen molar-refractivity contribution < 1.29 is 9.53 Å². The van der Waals surface area contributed by atoms with Gasteiger partial charge >= 0.3 is 0 Å². The Labute approximate surface area is 134 Å². The van der Waals surface area contributed by atoms with Crippen molar-refractivity contribution in [1.82, 2.24) is 15.3 Å². The highest BCUT2D eigenvalue weighted by Gasteiger charge is 2.22. The molecule has 1 aliphatic carbocycles. The number of nitrogens with one attached hydrogen (secondary N) is 1. The van der Waals surface area contributed by atoms with Gasteiger partial charge in [0.1, 0.15) is 11.2 Å². The van der Waals surface area contributed by atoms with Crippen molar-refractivity contribution >= 4 is 27.5 Å². The van der Waals surface area contributed by atoms with E-state index >= 15 is 0 Å². The molecule has 1 aliphatic rings.